The van der Waals surface area contributed by atoms with Gasteiger partial charge in [0.2, 0.25) is 6.10 Å². The van der Waals surface area contributed by atoms with Crippen molar-refractivity contribution in [1.29, 1.82) is 0 Å². The number of ether oxygens (including phenoxy) is 2. The van der Waals surface area contributed by atoms with Gasteiger partial charge in [-0.25, -0.2) is 0 Å². The van der Waals surface area contributed by atoms with Gasteiger partial charge in [0, 0.05) is 17.3 Å². The van der Waals surface area contributed by atoms with E-state index in [4.69, 9.17) is 21.1 Å². The zero-order chi connectivity index (χ0) is 20.8. The number of anilines is 1. The fraction of sp³-hybridized carbons (Fsp3) is 0.0952. The summed E-state index contributed by atoms with van der Waals surface area (Å²) in [5.41, 5.74) is 0.754. The molecule has 0 saturated carbocycles. The normalized spacial score (nSPS) is 11.4. The first-order valence-electron chi connectivity index (χ1n) is 8.59. The topological polar surface area (TPSA) is 90.7 Å². The van der Waals surface area contributed by atoms with Crippen molar-refractivity contribution in [3.05, 3.63) is 93.5 Å². The lowest BCUT2D eigenvalue weighted by Crippen LogP contribution is -2.26. The quantitative estimate of drug-likeness (QED) is 0.434. The SMILES string of the molecule is COc1ccc(NC(=O)[C@@H](Oc2ccccc2[N+](=O)[O-])c2ccccc2)cc1Cl. The third-order valence-electron chi connectivity index (χ3n) is 4.07. The molecular formula is C21H17ClN2O5. The summed E-state index contributed by atoms with van der Waals surface area (Å²) in [5.74, 6) is -0.0368. The van der Waals surface area contributed by atoms with Crippen LogP contribution in [0.15, 0.2) is 72.8 Å². The van der Waals surface area contributed by atoms with E-state index in [0.29, 0.717) is 22.0 Å². The molecule has 0 radical (unpaired) electrons. The molecule has 148 valence electrons. The van der Waals surface area contributed by atoms with Gasteiger partial charge in [0.15, 0.2) is 5.75 Å². The molecule has 0 saturated heterocycles. The van der Waals surface area contributed by atoms with E-state index in [1.54, 1.807) is 54.6 Å². The van der Waals surface area contributed by atoms with E-state index in [1.165, 1.54) is 25.3 Å². The zero-order valence-corrected chi connectivity index (χ0v) is 16.1. The maximum atomic E-state index is 13.0. The van der Waals surface area contributed by atoms with Crippen LogP contribution in [0.25, 0.3) is 0 Å². The van der Waals surface area contributed by atoms with Gasteiger partial charge in [0.05, 0.1) is 17.1 Å². The van der Waals surface area contributed by atoms with E-state index in [-0.39, 0.29) is 11.4 Å². The fourth-order valence-electron chi connectivity index (χ4n) is 2.69. The Morgan fingerprint density at radius 3 is 2.38 bits per heavy atom. The average molecular weight is 413 g/mol. The maximum Gasteiger partial charge on any atom is 0.310 e. The molecule has 0 fully saturated rings. The Bertz CT molecular complexity index is 1030. The van der Waals surface area contributed by atoms with Crippen molar-refractivity contribution in [2.24, 2.45) is 0 Å². The van der Waals surface area contributed by atoms with Crippen LogP contribution < -0.4 is 14.8 Å². The Kier molecular flexibility index (Phi) is 6.31. The monoisotopic (exact) mass is 412 g/mol. The van der Waals surface area contributed by atoms with Crippen molar-refractivity contribution in [3.63, 3.8) is 0 Å². The molecule has 1 N–H and O–H groups in total. The van der Waals surface area contributed by atoms with Crippen LogP contribution in [0, 0.1) is 10.1 Å². The molecule has 0 heterocycles. The number of para-hydroxylation sites is 2. The number of hydrogen-bond donors (Lipinski definition) is 1. The van der Waals surface area contributed by atoms with Crippen LogP contribution in [0.1, 0.15) is 11.7 Å². The van der Waals surface area contributed by atoms with Crippen molar-refractivity contribution in [3.8, 4) is 11.5 Å². The molecule has 8 heteroatoms. The number of carbonyl (C=O) groups is 1. The zero-order valence-electron chi connectivity index (χ0n) is 15.4. The molecule has 29 heavy (non-hydrogen) atoms. The Labute approximate surface area is 172 Å². The summed E-state index contributed by atoms with van der Waals surface area (Å²) >= 11 is 6.11. The van der Waals surface area contributed by atoms with Crippen molar-refractivity contribution < 1.29 is 19.2 Å². The molecule has 7 nitrogen and oxygen atoms in total. The van der Waals surface area contributed by atoms with Crippen LogP contribution in [-0.2, 0) is 4.79 Å². The highest BCUT2D eigenvalue weighted by atomic mass is 35.5. The molecule has 3 aromatic rings. The first-order chi connectivity index (χ1) is 14.0. The van der Waals surface area contributed by atoms with Gasteiger partial charge in [-0.05, 0) is 24.3 Å². The van der Waals surface area contributed by atoms with Gasteiger partial charge in [-0.2, -0.15) is 0 Å². The Balaban J connectivity index is 1.91. The van der Waals surface area contributed by atoms with Gasteiger partial charge in [-0.1, -0.05) is 54.1 Å². The van der Waals surface area contributed by atoms with E-state index >= 15 is 0 Å². The van der Waals surface area contributed by atoms with Gasteiger partial charge < -0.3 is 14.8 Å². The summed E-state index contributed by atoms with van der Waals surface area (Å²) in [7, 11) is 1.49. The summed E-state index contributed by atoms with van der Waals surface area (Å²) in [4.78, 5) is 23.7. The van der Waals surface area contributed by atoms with Crippen LogP contribution in [0.3, 0.4) is 0 Å². The molecule has 0 aromatic heterocycles. The molecule has 1 atom stereocenters. The van der Waals surface area contributed by atoms with Crippen LogP contribution >= 0.6 is 11.6 Å². The molecule has 0 bridgehead atoms. The first kappa shape index (κ1) is 20.2. The molecule has 3 aromatic carbocycles. The fourth-order valence-corrected chi connectivity index (χ4v) is 2.95. The Hall–Kier alpha value is -3.58. The van der Waals surface area contributed by atoms with E-state index in [0.717, 1.165) is 0 Å². The summed E-state index contributed by atoms with van der Waals surface area (Å²) in [6.45, 7) is 0. The molecule has 3 rings (SSSR count). The van der Waals surface area contributed by atoms with Crippen LogP contribution in [0.5, 0.6) is 11.5 Å². The summed E-state index contributed by atoms with van der Waals surface area (Å²) in [5, 5.41) is 14.4. The van der Waals surface area contributed by atoms with E-state index < -0.39 is 16.9 Å². The van der Waals surface area contributed by atoms with Crippen molar-refractivity contribution in [1.82, 2.24) is 0 Å². The number of rotatable bonds is 7. The molecule has 0 unspecified atom stereocenters. The predicted molar refractivity (Wildman–Crippen MR) is 110 cm³/mol. The number of hydrogen-bond acceptors (Lipinski definition) is 5. The molecule has 0 aliphatic heterocycles. The number of nitro groups is 1. The number of nitrogens with zero attached hydrogens (tertiary/aromatic N) is 1. The third-order valence-corrected chi connectivity index (χ3v) is 4.36. The van der Waals surface area contributed by atoms with Gasteiger partial charge in [0.25, 0.3) is 5.91 Å². The van der Waals surface area contributed by atoms with E-state index in [1.807, 2.05) is 0 Å². The number of benzene rings is 3. The third kappa shape index (κ3) is 4.83. The smallest absolute Gasteiger partial charge is 0.310 e. The molecule has 0 aliphatic carbocycles. The lowest BCUT2D eigenvalue weighted by molar-refractivity contribution is -0.386. The summed E-state index contributed by atoms with van der Waals surface area (Å²) < 4.78 is 10.9. The van der Waals surface area contributed by atoms with Gasteiger partial charge in [-0.15, -0.1) is 0 Å². The number of methoxy groups -OCH3 is 1. The molecule has 1 amide bonds. The lowest BCUT2D eigenvalue weighted by atomic mass is 10.1. The summed E-state index contributed by atoms with van der Waals surface area (Å²) in [6, 6.07) is 19.4. The minimum absolute atomic E-state index is 0.00531. The minimum atomic E-state index is -1.11. The standard InChI is InChI=1S/C21H17ClN2O5/c1-28-18-12-11-15(13-16(18)22)23-21(25)20(14-7-3-2-4-8-14)29-19-10-6-5-9-17(19)24(26)27/h2-13,20H,1H3,(H,23,25)/t20-/m0/s1. The second-order valence-electron chi connectivity index (χ2n) is 5.97. The predicted octanol–water partition coefficient (Wildman–Crippen LogP) is 5.02. The Morgan fingerprint density at radius 2 is 1.72 bits per heavy atom. The number of nitro benzene ring substituents is 1. The lowest BCUT2D eigenvalue weighted by Gasteiger charge is -2.19. The second kappa shape index (κ2) is 9.07. The van der Waals surface area contributed by atoms with Gasteiger partial charge in [0.1, 0.15) is 5.75 Å². The highest BCUT2D eigenvalue weighted by Gasteiger charge is 2.26. The first-order valence-corrected chi connectivity index (χ1v) is 8.97. The van der Waals surface area contributed by atoms with Crippen molar-refractivity contribution in [2.75, 3.05) is 12.4 Å². The highest BCUT2D eigenvalue weighted by Crippen LogP contribution is 2.32. The molecular weight excluding hydrogens is 396 g/mol. The maximum absolute atomic E-state index is 13.0. The highest BCUT2D eigenvalue weighted by molar-refractivity contribution is 6.32. The average Bonchev–Trinajstić information content (AvgIpc) is 2.73. The van der Waals surface area contributed by atoms with Crippen molar-refractivity contribution >= 4 is 28.9 Å². The Morgan fingerprint density at radius 1 is 1.03 bits per heavy atom. The van der Waals surface area contributed by atoms with Crippen LogP contribution in [-0.4, -0.2) is 17.9 Å². The molecule has 0 spiro atoms. The van der Waals surface area contributed by atoms with Gasteiger partial charge >= 0.3 is 5.69 Å². The number of carbonyl (C=O) groups excluding carboxylic acids is 1. The van der Waals surface area contributed by atoms with E-state index in [9.17, 15) is 14.9 Å². The largest absolute Gasteiger partial charge is 0.495 e. The molecule has 0 aliphatic rings. The number of halogens is 1. The van der Waals surface area contributed by atoms with Gasteiger partial charge in [-0.3, -0.25) is 14.9 Å². The minimum Gasteiger partial charge on any atom is -0.495 e. The van der Waals surface area contributed by atoms with Crippen LogP contribution in [0.4, 0.5) is 11.4 Å². The number of amides is 1. The van der Waals surface area contributed by atoms with Crippen LogP contribution in [0.2, 0.25) is 5.02 Å². The number of nitrogens with one attached hydrogen (secondary N) is 1. The van der Waals surface area contributed by atoms with E-state index in [2.05, 4.69) is 5.32 Å². The van der Waals surface area contributed by atoms with Crippen molar-refractivity contribution in [2.45, 2.75) is 6.10 Å². The summed E-state index contributed by atoms with van der Waals surface area (Å²) in [6.07, 6.45) is -1.11. The second-order valence-corrected chi connectivity index (χ2v) is 6.38.